The first-order valence-electron chi connectivity index (χ1n) is 7.21. The molecule has 6 heteroatoms. The van der Waals surface area contributed by atoms with E-state index < -0.39 is 0 Å². The molecule has 3 rings (SSSR count). The molecule has 0 bridgehead atoms. The summed E-state index contributed by atoms with van der Waals surface area (Å²) in [6, 6.07) is 14.2. The van der Waals surface area contributed by atoms with Crippen LogP contribution < -0.4 is 10.9 Å². The summed E-state index contributed by atoms with van der Waals surface area (Å²) < 4.78 is 1.34. The van der Waals surface area contributed by atoms with Gasteiger partial charge in [0.1, 0.15) is 5.69 Å². The van der Waals surface area contributed by atoms with Crippen LogP contribution in [-0.4, -0.2) is 20.7 Å². The molecule has 2 heterocycles. The smallest absolute Gasteiger partial charge is 0.271 e. The van der Waals surface area contributed by atoms with Crippen molar-refractivity contribution in [2.45, 2.75) is 13.5 Å². The Hall–Kier alpha value is -3.15. The van der Waals surface area contributed by atoms with Crippen LogP contribution in [0.25, 0.3) is 5.69 Å². The molecule has 0 aliphatic rings. The van der Waals surface area contributed by atoms with Gasteiger partial charge in [-0.1, -0.05) is 24.3 Å². The normalized spacial score (nSPS) is 10.5. The number of pyridine rings is 1. The first-order valence-corrected chi connectivity index (χ1v) is 7.21. The van der Waals surface area contributed by atoms with Gasteiger partial charge in [-0.15, -0.1) is 0 Å². The van der Waals surface area contributed by atoms with E-state index in [4.69, 9.17) is 0 Å². The minimum atomic E-state index is -0.336. The summed E-state index contributed by atoms with van der Waals surface area (Å²) >= 11 is 0. The zero-order valence-corrected chi connectivity index (χ0v) is 12.6. The van der Waals surface area contributed by atoms with Gasteiger partial charge < -0.3 is 5.32 Å². The number of carbonyl (C=O) groups is 1. The summed E-state index contributed by atoms with van der Waals surface area (Å²) in [4.78, 5) is 28.3. The average molecular weight is 308 g/mol. The van der Waals surface area contributed by atoms with Crippen molar-refractivity contribution in [1.29, 1.82) is 0 Å². The number of aryl methyl sites for hydroxylation is 1. The first kappa shape index (κ1) is 14.8. The van der Waals surface area contributed by atoms with E-state index in [0.717, 1.165) is 11.3 Å². The lowest BCUT2D eigenvalue weighted by Gasteiger charge is -2.04. The highest BCUT2D eigenvalue weighted by Gasteiger charge is 2.11. The van der Waals surface area contributed by atoms with Crippen molar-refractivity contribution in [3.05, 3.63) is 82.0 Å². The molecule has 3 aromatic rings. The average Bonchev–Trinajstić information content (AvgIpc) is 2.97. The van der Waals surface area contributed by atoms with E-state index in [2.05, 4.69) is 15.4 Å². The molecular formula is C17H16N4O2. The molecule has 0 aliphatic heterocycles. The second-order valence-electron chi connectivity index (χ2n) is 5.17. The van der Waals surface area contributed by atoms with Crippen molar-refractivity contribution in [2.24, 2.45) is 0 Å². The molecule has 0 spiro atoms. The highest BCUT2D eigenvalue weighted by atomic mass is 16.2. The predicted octanol–water partition coefficient (Wildman–Crippen LogP) is 1.80. The summed E-state index contributed by atoms with van der Waals surface area (Å²) in [7, 11) is 0. The van der Waals surface area contributed by atoms with Gasteiger partial charge in [0.15, 0.2) is 0 Å². The number of aromatic amines is 1. The fourth-order valence-corrected chi connectivity index (χ4v) is 2.16. The fraction of sp³-hybridized carbons (Fsp3) is 0.118. The third-order valence-electron chi connectivity index (χ3n) is 3.41. The number of nitrogens with zero attached hydrogens (tertiary/aromatic N) is 2. The third kappa shape index (κ3) is 3.37. The number of benzene rings is 1. The van der Waals surface area contributed by atoms with Crippen LogP contribution in [-0.2, 0) is 6.54 Å². The summed E-state index contributed by atoms with van der Waals surface area (Å²) in [6.45, 7) is 2.25. The van der Waals surface area contributed by atoms with Gasteiger partial charge in [-0.3, -0.25) is 19.7 Å². The SMILES string of the molecule is Cc1ccc(CNC(=O)c2cc(=O)n(-c3ccccc3)[nH]2)cn1. The second-order valence-corrected chi connectivity index (χ2v) is 5.17. The molecule has 0 atom stereocenters. The van der Waals surface area contributed by atoms with Gasteiger partial charge >= 0.3 is 0 Å². The first-order chi connectivity index (χ1) is 11.1. The van der Waals surface area contributed by atoms with Crippen molar-refractivity contribution in [2.75, 3.05) is 0 Å². The second kappa shape index (κ2) is 6.31. The molecule has 2 aromatic heterocycles. The lowest BCUT2D eigenvalue weighted by atomic mass is 10.2. The molecule has 0 fully saturated rings. The highest BCUT2D eigenvalue weighted by Crippen LogP contribution is 2.04. The molecular weight excluding hydrogens is 292 g/mol. The maximum atomic E-state index is 12.2. The lowest BCUT2D eigenvalue weighted by molar-refractivity contribution is 0.0945. The van der Waals surface area contributed by atoms with Crippen molar-refractivity contribution in [3.63, 3.8) is 0 Å². The number of para-hydroxylation sites is 1. The zero-order chi connectivity index (χ0) is 16.2. The van der Waals surface area contributed by atoms with E-state index in [1.807, 2.05) is 37.3 Å². The van der Waals surface area contributed by atoms with Crippen molar-refractivity contribution in [3.8, 4) is 5.69 Å². The van der Waals surface area contributed by atoms with Gasteiger partial charge in [0.25, 0.3) is 11.5 Å². The zero-order valence-electron chi connectivity index (χ0n) is 12.6. The van der Waals surface area contributed by atoms with Crippen LogP contribution in [0.3, 0.4) is 0 Å². The summed E-state index contributed by atoms with van der Waals surface area (Å²) in [6.07, 6.45) is 1.72. The van der Waals surface area contributed by atoms with Crippen LogP contribution in [0.5, 0.6) is 0 Å². The number of carbonyl (C=O) groups excluding carboxylic acids is 1. The molecule has 6 nitrogen and oxygen atoms in total. The molecule has 1 aromatic carbocycles. The standard InChI is InChI=1S/C17H16N4O2/c1-12-7-8-13(10-18-12)11-19-17(23)15-9-16(22)21(20-15)14-5-3-2-4-6-14/h2-10,20H,11H2,1H3,(H,19,23). The monoisotopic (exact) mass is 308 g/mol. The quantitative estimate of drug-likeness (QED) is 0.771. The van der Waals surface area contributed by atoms with Gasteiger partial charge in [-0.2, -0.15) is 0 Å². The van der Waals surface area contributed by atoms with Gasteiger partial charge in [-0.05, 0) is 30.7 Å². The Kier molecular flexibility index (Phi) is 4.05. The molecule has 1 amide bonds. The van der Waals surface area contributed by atoms with Crippen LogP contribution in [0.4, 0.5) is 0 Å². The molecule has 116 valence electrons. The number of amides is 1. The number of H-pyrrole nitrogens is 1. The van der Waals surface area contributed by atoms with E-state index >= 15 is 0 Å². The van der Waals surface area contributed by atoms with Crippen LogP contribution >= 0.6 is 0 Å². The predicted molar refractivity (Wildman–Crippen MR) is 86.5 cm³/mol. The lowest BCUT2D eigenvalue weighted by Crippen LogP contribution is -2.23. The molecule has 0 radical (unpaired) electrons. The van der Waals surface area contributed by atoms with Gasteiger partial charge in [0.05, 0.1) is 5.69 Å². The van der Waals surface area contributed by atoms with Crippen LogP contribution in [0, 0.1) is 6.92 Å². The number of nitrogens with one attached hydrogen (secondary N) is 2. The van der Waals surface area contributed by atoms with Crippen molar-refractivity contribution < 1.29 is 4.79 Å². The van der Waals surface area contributed by atoms with E-state index in [0.29, 0.717) is 12.2 Å². The number of rotatable bonds is 4. The number of aromatic nitrogens is 3. The van der Waals surface area contributed by atoms with E-state index in [9.17, 15) is 9.59 Å². The van der Waals surface area contributed by atoms with Crippen LogP contribution in [0.15, 0.2) is 59.5 Å². The number of hydrogen-bond acceptors (Lipinski definition) is 3. The minimum Gasteiger partial charge on any atom is -0.347 e. The fourth-order valence-electron chi connectivity index (χ4n) is 2.16. The summed E-state index contributed by atoms with van der Waals surface area (Å²) in [5.41, 5.74) is 2.44. The van der Waals surface area contributed by atoms with Crippen molar-refractivity contribution in [1.82, 2.24) is 20.1 Å². The van der Waals surface area contributed by atoms with Gasteiger partial charge in [0, 0.05) is 24.5 Å². The van der Waals surface area contributed by atoms with E-state index in [-0.39, 0.29) is 17.2 Å². The molecule has 2 N–H and O–H groups in total. The van der Waals surface area contributed by atoms with Crippen molar-refractivity contribution >= 4 is 5.91 Å². The third-order valence-corrected chi connectivity index (χ3v) is 3.41. The number of hydrogen-bond donors (Lipinski definition) is 2. The Morgan fingerprint density at radius 3 is 2.70 bits per heavy atom. The summed E-state index contributed by atoms with van der Waals surface area (Å²) in [5, 5.41) is 5.58. The molecule has 23 heavy (non-hydrogen) atoms. The highest BCUT2D eigenvalue weighted by molar-refractivity contribution is 5.92. The molecule has 0 unspecified atom stereocenters. The Morgan fingerprint density at radius 1 is 1.22 bits per heavy atom. The molecule has 0 saturated heterocycles. The molecule has 0 saturated carbocycles. The van der Waals surface area contributed by atoms with E-state index in [1.165, 1.54) is 10.7 Å². The Morgan fingerprint density at radius 2 is 2.00 bits per heavy atom. The van der Waals surface area contributed by atoms with Crippen LogP contribution in [0.1, 0.15) is 21.7 Å². The van der Waals surface area contributed by atoms with E-state index in [1.54, 1.807) is 18.3 Å². The van der Waals surface area contributed by atoms with Gasteiger partial charge in [0.2, 0.25) is 0 Å². The molecule has 0 aliphatic carbocycles. The minimum absolute atomic E-state index is 0.221. The maximum absolute atomic E-state index is 12.2. The largest absolute Gasteiger partial charge is 0.347 e. The topological polar surface area (TPSA) is 79.8 Å². The Labute approximate surface area is 132 Å². The Balaban J connectivity index is 1.73. The Bertz CT molecular complexity index is 864. The van der Waals surface area contributed by atoms with Crippen LogP contribution in [0.2, 0.25) is 0 Å². The summed E-state index contributed by atoms with van der Waals surface area (Å²) in [5.74, 6) is -0.336. The maximum Gasteiger partial charge on any atom is 0.271 e. The van der Waals surface area contributed by atoms with Gasteiger partial charge in [-0.25, -0.2) is 4.68 Å².